The van der Waals surface area contributed by atoms with Crippen LogP contribution in [0.25, 0.3) is 11.2 Å². The van der Waals surface area contributed by atoms with Crippen molar-refractivity contribution in [2.75, 3.05) is 20.3 Å². The molecule has 1 fully saturated rings. The maximum atomic E-state index is 13.5. The molecule has 1 aliphatic rings. The lowest BCUT2D eigenvalue weighted by molar-refractivity contribution is -0.238. The first-order valence-electron chi connectivity index (χ1n) is 13.4. The smallest absolute Gasteiger partial charge is 0.362 e. The van der Waals surface area contributed by atoms with Crippen LogP contribution < -0.4 is 15.9 Å². The van der Waals surface area contributed by atoms with E-state index in [1.54, 1.807) is 19.0 Å². The van der Waals surface area contributed by atoms with Crippen molar-refractivity contribution in [3.8, 4) is 0 Å². The van der Waals surface area contributed by atoms with E-state index in [2.05, 4.69) is 84.3 Å². The number of ether oxygens (including phenoxy) is 1. The Balaban J connectivity index is 1.55. The number of H-pyrrole nitrogens is 1. The van der Waals surface area contributed by atoms with Gasteiger partial charge < -0.3 is 14.1 Å². The van der Waals surface area contributed by atoms with Crippen molar-refractivity contribution in [3.05, 3.63) is 78.8 Å². The Morgan fingerprint density at radius 3 is 2.33 bits per heavy atom. The Bertz CT molecular complexity index is 1500. The van der Waals surface area contributed by atoms with Gasteiger partial charge in [0.25, 0.3) is 14.0 Å². The van der Waals surface area contributed by atoms with E-state index in [0.717, 1.165) is 0 Å². The van der Waals surface area contributed by atoms with Crippen LogP contribution in [-0.4, -0.2) is 65.2 Å². The summed E-state index contributed by atoms with van der Waals surface area (Å²) in [5, 5.41) is 12.6. The second kappa shape index (κ2) is 10.7. The lowest BCUT2D eigenvalue weighted by Crippen LogP contribution is -2.67. The summed E-state index contributed by atoms with van der Waals surface area (Å²) in [7, 11) is -1.04. The van der Waals surface area contributed by atoms with Crippen molar-refractivity contribution in [1.82, 2.24) is 24.6 Å². The van der Waals surface area contributed by atoms with Crippen LogP contribution in [0.5, 0.6) is 0 Å². The predicted molar refractivity (Wildman–Crippen MR) is 153 cm³/mol. The van der Waals surface area contributed by atoms with Gasteiger partial charge in [0.1, 0.15) is 11.8 Å². The minimum absolute atomic E-state index is 0.0255. The molecule has 1 aliphatic heterocycles. The van der Waals surface area contributed by atoms with Crippen molar-refractivity contribution < 1.29 is 18.8 Å². The summed E-state index contributed by atoms with van der Waals surface area (Å²) in [4.78, 5) is 31.2. The summed E-state index contributed by atoms with van der Waals surface area (Å²) in [6.07, 6.45) is 3.10. The van der Waals surface area contributed by atoms with Crippen LogP contribution in [0.2, 0.25) is 5.04 Å². The second-order valence-electron chi connectivity index (χ2n) is 11.0. The van der Waals surface area contributed by atoms with E-state index < -0.39 is 20.0 Å². The highest BCUT2D eigenvalue weighted by molar-refractivity contribution is 6.99. The fourth-order valence-corrected chi connectivity index (χ4v) is 10.3. The zero-order valence-corrected chi connectivity index (χ0v) is 24.5. The van der Waals surface area contributed by atoms with Crippen LogP contribution in [0.1, 0.15) is 34.1 Å². The van der Waals surface area contributed by atoms with Gasteiger partial charge in [0, 0.05) is 13.5 Å². The molecule has 0 radical (unpaired) electrons. The molecule has 2 aromatic heterocycles. The monoisotopic (exact) mass is 560 g/mol. The topological polar surface area (TPSA) is 118 Å². The van der Waals surface area contributed by atoms with E-state index >= 15 is 0 Å². The van der Waals surface area contributed by atoms with Crippen LogP contribution in [0.15, 0.2) is 73.3 Å². The van der Waals surface area contributed by atoms with Gasteiger partial charge in [0.2, 0.25) is 0 Å². The molecular weight excluding hydrogens is 524 g/mol. The Hall–Kier alpha value is -3.64. The lowest BCUT2D eigenvalue weighted by atomic mass is 10.1. The summed E-state index contributed by atoms with van der Waals surface area (Å²) in [5.74, 6) is -0.589. The van der Waals surface area contributed by atoms with Crippen molar-refractivity contribution in [2.24, 2.45) is 0 Å². The molecule has 5 rings (SSSR count). The lowest BCUT2D eigenvalue weighted by Gasteiger charge is -2.43. The molecule has 2 atom stereocenters. The molecule has 0 unspecified atom stereocenters. The Morgan fingerprint density at radius 1 is 1.12 bits per heavy atom. The predicted octanol–water partition coefficient (Wildman–Crippen LogP) is 2.67. The van der Waals surface area contributed by atoms with Gasteiger partial charge in [-0.15, -0.1) is 0 Å². The Labute approximate surface area is 234 Å². The van der Waals surface area contributed by atoms with Gasteiger partial charge in [0.15, 0.2) is 11.1 Å². The molecular formula is C29H36N6O4Si. The number of hydrogen-bond donors (Lipinski definition) is 2. The average molecular weight is 561 g/mol. The molecule has 0 aliphatic carbocycles. The van der Waals surface area contributed by atoms with E-state index in [0.29, 0.717) is 17.8 Å². The largest absolute Gasteiger partial charge is 0.462 e. The summed E-state index contributed by atoms with van der Waals surface area (Å²) in [6, 6.07) is 20.5. The van der Waals surface area contributed by atoms with Gasteiger partial charge in [-0.25, -0.2) is 14.8 Å². The number of nitrogens with zero attached hydrogens (tertiary/aromatic N) is 4. The van der Waals surface area contributed by atoms with Gasteiger partial charge in [-0.05, 0) is 22.3 Å². The standard InChI is InChI=1S/C29H36N6O4Si/c1-6-37-27(36)29(35-20-33-26-24(25(35)30)31-19-32-26)17-21(34(5)39-29)18-38-40(28(2,3)4,22-13-9-7-10-14-22)23-15-11-8-12-16-23/h7-16,19-21,30H,6,17-18H2,1-5H3,(H,31,32)/t21-,29+/m1/s1. The van der Waals surface area contributed by atoms with Crippen LogP contribution in [-0.2, 0) is 24.5 Å². The zero-order valence-electron chi connectivity index (χ0n) is 23.5. The molecule has 0 bridgehead atoms. The number of carbonyl (C=O) groups excluding carboxylic acids is 1. The number of carbonyl (C=O) groups is 1. The number of rotatable bonds is 8. The first-order chi connectivity index (χ1) is 19.1. The maximum absolute atomic E-state index is 13.5. The number of imidazole rings is 1. The highest BCUT2D eigenvalue weighted by atomic mass is 28.4. The summed E-state index contributed by atoms with van der Waals surface area (Å²) in [6.45, 7) is 8.90. The molecule has 1 saturated heterocycles. The number of hydrogen-bond acceptors (Lipinski definition) is 8. The quantitative estimate of drug-likeness (QED) is 0.251. The van der Waals surface area contributed by atoms with Gasteiger partial charge in [-0.2, -0.15) is 5.06 Å². The fraction of sp³-hybridized carbons (Fsp3) is 0.379. The van der Waals surface area contributed by atoms with Gasteiger partial charge in [-0.1, -0.05) is 81.4 Å². The normalized spacial score (nSPS) is 20.2. The average Bonchev–Trinajstić information content (AvgIpc) is 3.55. The van der Waals surface area contributed by atoms with Crippen molar-refractivity contribution >= 4 is 35.8 Å². The van der Waals surface area contributed by atoms with Crippen molar-refractivity contribution in [2.45, 2.75) is 50.9 Å². The van der Waals surface area contributed by atoms with Crippen LogP contribution in [0, 0.1) is 5.41 Å². The maximum Gasteiger partial charge on any atom is 0.362 e. The number of nitrogens with one attached hydrogen (secondary N) is 2. The zero-order chi connectivity index (χ0) is 28.5. The molecule has 3 heterocycles. The fourth-order valence-electron chi connectivity index (χ4n) is 5.67. The third-order valence-corrected chi connectivity index (χ3v) is 12.6. The van der Waals surface area contributed by atoms with Gasteiger partial charge in [-0.3, -0.25) is 14.8 Å². The van der Waals surface area contributed by atoms with Gasteiger partial charge in [0.05, 0.1) is 25.6 Å². The van der Waals surface area contributed by atoms with Gasteiger partial charge >= 0.3 is 5.97 Å². The Kier molecular flexibility index (Phi) is 7.49. The third kappa shape index (κ3) is 4.58. The van der Waals surface area contributed by atoms with E-state index in [-0.39, 0.29) is 29.6 Å². The molecule has 2 aromatic carbocycles. The van der Waals surface area contributed by atoms with Crippen LogP contribution in [0.4, 0.5) is 0 Å². The SMILES string of the molecule is CCOC(=O)[C@]1(n2cnc3nc[nH]c3c2=N)C[C@H](CO[Si](c2ccccc2)(c2ccccc2)C(C)(C)C)N(C)O1. The minimum atomic E-state index is -2.82. The highest BCUT2D eigenvalue weighted by Crippen LogP contribution is 2.39. The highest BCUT2D eigenvalue weighted by Gasteiger charge is 2.56. The number of benzene rings is 2. The van der Waals surface area contributed by atoms with Crippen LogP contribution in [0.3, 0.4) is 0 Å². The summed E-state index contributed by atoms with van der Waals surface area (Å²) < 4.78 is 14.1. The van der Waals surface area contributed by atoms with E-state index in [1.165, 1.54) is 27.6 Å². The number of aromatic nitrogens is 4. The molecule has 40 heavy (non-hydrogen) atoms. The van der Waals surface area contributed by atoms with E-state index in [9.17, 15) is 4.79 Å². The van der Waals surface area contributed by atoms with E-state index in [4.69, 9.17) is 19.4 Å². The molecule has 10 nitrogen and oxygen atoms in total. The Morgan fingerprint density at radius 2 is 1.75 bits per heavy atom. The second-order valence-corrected chi connectivity index (χ2v) is 15.3. The number of esters is 1. The molecule has 11 heteroatoms. The summed E-state index contributed by atoms with van der Waals surface area (Å²) in [5.41, 5.74) is -0.798. The molecule has 2 N–H and O–H groups in total. The first-order valence-corrected chi connectivity index (χ1v) is 15.3. The molecule has 0 spiro atoms. The first kappa shape index (κ1) is 27.9. The minimum Gasteiger partial charge on any atom is -0.462 e. The molecule has 210 valence electrons. The third-order valence-electron chi connectivity index (χ3n) is 7.61. The van der Waals surface area contributed by atoms with Crippen molar-refractivity contribution in [1.29, 1.82) is 5.41 Å². The van der Waals surface area contributed by atoms with Crippen LogP contribution >= 0.6 is 0 Å². The van der Waals surface area contributed by atoms with E-state index in [1.807, 2.05) is 12.1 Å². The molecule has 4 aromatic rings. The molecule has 0 amide bonds. The summed E-state index contributed by atoms with van der Waals surface area (Å²) >= 11 is 0. The number of fused-ring (bicyclic) bond motifs is 1. The number of hydroxylamine groups is 2. The molecule has 0 saturated carbocycles. The number of aromatic amines is 1. The number of likely N-dealkylation sites (N-methyl/N-ethyl adjacent to an activating group) is 1. The van der Waals surface area contributed by atoms with Crippen molar-refractivity contribution in [3.63, 3.8) is 0 Å².